The van der Waals surface area contributed by atoms with Crippen LogP contribution >= 0.6 is 22.9 Å². The Morgan fingerprint density at radius 2 is 1.83 bits per heavy atom. The first-order valence-corrected chi connectivity index (χ1v) is 24.7. The molecule has 0 radical (unpaired) electrons. The molecule has 2 atom stereocenters. The van der Waals surface area contributed by atoms with Gasteiger partial charge in [0.15, 0.2) is 5.82 Å². The van der Waals surface area contributed by atoms with Crippen molar-refractivity contribution >= 4 is 75.3 Å². The van der Waals surface area contributed by atoms with Crippen molar-refractivity contribution in [3.8, 4) is 22.6 Å². The highest BCUT2D eigenvalue weighted by Crippen LogP contribution is 2.45. The van der Waals surface area contributed by atoms with Gasteiger partial charge in [0, 0.05) is 85.4 Å². The smallest absolute Gasteiger partial charge is 0.256 e. The van der Waals surface area contributed by atoms with Crippen LogP contribution in [0.5, 0.6) is 11.5 Å². The normalized spacial score (nSPS) is 17.1. The van der Waals surface area contributed by atoms with E-state index in [2.05, 4.69) is 15.6 Å². The van der Waals surface area contributed by atoms with Crippen LogP contribution in [0, 0.1) is 11.6 Å². The molecule has 2 unspecified atom stereocenters. The van der Waals surface area contributed by atoms with E-state index in [0.29, 0.717) is 99.7 Å². The number of amides is 5. The molecule has 3 aliphatic rings. The number of carbonyl (C=O) groups is 5. The third-order valence-electron chi connectivity index (χ3n) is 13.1. The predicted molar refractivity (Wildman–Crippen MR) is 262 cm³/mol. The standard InChI is InChI=1S/C51H56ClF2N7O7S/c1-4-44(64)60-21-20-59(26-31(60)2)49-34-23-37(52)45(47(54)48(34)56-25-40(49)58(3)30-62)46-38(53)11-10-12-41(46)67-22-9-7-5-6-8-19-55-24-32-13-15-33(16-14-32)68-28-42-35-27-61(51(66)36(35)29-69-42)39-17-18-43(63)57-50(39)65/h10-16,23,25,29-31,39,55H,4-9,17-22,24,26-28H2,1-3H3,(H,57,63,65). The summed E-state index contributed by atoms with van der Waals surface area (Å²) in [5.74, 6) is -1.49. The van der Waals surface area contributed by atoms with Gasteiger partial charge >= 0.3 is 0 Å². The number of hydrogen-bond acceptors (Lipinski definition) is 11. The van der Waals surface area contributed by atoms with Crippen molar-refractivity contribution in [3.63, 3.8) is 0 Å². The van der Waals surface area contributed by atoms with Crippen molar-refractivity contribution < 1.29 is 42.2 Å². The lowest BCUT2D eigenvalue weighted by Crippen LogP contribution is -2.54. The zero-order valence-corrected chi connectivity index (χ0v) is 40.5. The molecule has 2 fully saturated rings. The van der Waals surface area contributed by atoms with Crippen molar-refractivity contribution in [2.75, 3.05) is 49.6 Å². The number of imide groups is 1. The third-order valence-corrected chi connectivity index (χ3v) is 14.4. The number of carbonyl (C=O) groups excluding carboxylic acids is 5. The number of rotatable bonds is 20. The maximum Gasteiger partial charge on any atom is 0.256 e. The first-order valence-electron chi connectivity index (χ1n) is 23.5. The van der Waals surface area contributed by atoms with Gasteiger partial charge in [0.05, 0.1) is 40.3 Å². The molecule has 8 rings (SSSR count). The second-order valence-corrected chi connectivity index (χ2v) is 19.0. The largest absolute Gasteiger partial charge is 0.493 e. The minimum Gasteiger partial charge on any atom is -0.493 e. The molecule has 18 heteroatoms. The molecule has 0 spiro atoms. The first kappa shape index (κ1) is 49.3. The molecule has 0 saturated carbocycles. The second-order valence-electron chi connectivity index (χ2n) is 17.7. The Morgan fingerprint density at radius 3 is 2.58 bits per heavy atom. The Labute approximate surface area is 408 Å². The van der Waals surface area contributed by atoms with Gasteiger partial charge in [-0.2, -0.15) is 0 Å². The lowest BCUT2D eigenvalue weighted by Gasteiger charge is -2.42. The molecule has 69 heavy (non-hydrogen) atoms. The van der Waals surface area contributed by atoms with E-state index in [9.17, 15) is 24.0 Å². The average Bonchev–Trinajstić information content (AvgIpc) is 3.90. The Bertz CT molecular complexity index is 2740. The summed E-state index contributed by atoms with van der Waals surface area (Å²) >= 11 is 8.33. The zero-order chi connectivity index (χ0) is 48.8. The maximum atomic E-state index is 16.8. The summed E-state index contributed by atoms with van der Waals surface area (Å²) < 4.78 is 44.7. The van der Waals surface area contributed by atoms with Gasteiger partial charge in [0.2, 0.25) is 24.1 Å². The van der Waals surface area contributed by atoms with Crippen LogP contribution in [0.3, 0.4) is 0 Å². The first-order chi connectivity index (χ1) is 33.4. The van der Waals surface area contributed by atoms with E-state index < -0.39 is 23.6 Å². The number of aromatic nitrogens is 1. The highest BCUT2D eigenvalue weighted by atomic mass is 35.5. The molecule has 5 aromatic rings. The Morgan fingerprint density at radius 1 is 1.04 bits per heavy atom. The molecule has 5 amide bonds. The zero-order valence-electron chi connectivity index (χ0n) is 39.0. The quantitative estimate of drug-likeness (QED) is 0.0442. The Kier molecular flexibility index (Phi) is 15.8. The molecule has 364 valence electrons. The number of hydrogen-bond donors (Lipinski definition) is 2. The summed E-state index contributed by atoms with van der Waals surface area (Å²) in [5, 5.41) is 7.98. The fourth-order valence-electron chi connectivity index (χ4n) is 9.39. The fourth-order valence-corrected chi connectivity index (χ4v) is 10.6. The van der Waals surface area contributed by atoms with E-state index >= 15 is 8.78 Å². The Hall–Kier alpha value is -6.17. The number of ether oxygens (including phenoxy) is 2. The highest BCUT2D eigenvalue weighted by Gasteiger charge is 2.41. The lowest BCUT2D eigenvalue weighted by atomic mass is 9.99. The predicted octanol–water partition coefficient (Wildman–Crippen LogP) is 8.39. The number of halogens is 3. The van der Waals surface area contributed by atoms with Gasteiger partial charge in [0.1, 0.15) is 35.5 Å². The summed E-state index contributed by atoms with van der Waals surface area (Å²) in [7, 11) is 1.59. The Balaban J connectivity index is 0.786. The number of nitrogens with one attached hydrogen (secondary N) is 2. The van der Waals surface area contributed by atoms with Crippen LogP contribution in [0.25, 0.3) is 22.0 Å². The second kappa shape index (κ2) is 22.1. The van der Waals surface area contributed by atoms with Gasteiger partial charge in [0.25, 0.3) is 5.91 Å². The third kappa shape index (κ3) is 10.7. The van der Waals surface area contributed by atoms with Crippen LogP contribution in [-0.2, 0) is 38.9 Å². The molecule has 2 N–H and O–H groups in total. The van der Waals surface area contributed by atoms with Gasteiger partial charge < -0.3 is 34.4 Å². The van der Waals surface area contributed by atoms with E-state index in [0.717, 1.165) is 48.2 Å². The van der Waals surface area contributed by atoms with Gasteiger partial charge in [-0.1, -0.05) is 56.0 Å². The van der Waals surface area contributed by atoms with Crippen LogP contribution in [0.1, 0.15) is 91.6 Å². The SMILES string of the molecule is CCC(=O)N1CCN(c2c(N(C)C=O)cnc3c(F)c(-c4c(F)cccc4OCCCCCCCNCc4ccc(OCc5scc6c5CN(C5CCC(=O)NC5=O)C6=O)cc4)c(Cl)cc23)CC1C. The molecule has 0 bridgehead atoms. The van der Waals surface area contributed by atoms with E-state index in [1.165, 1.54) is 34.6 Å². The number of nitrogens with zero attached hydrogens (tertiary/aromatic N) is 5. The summed E-state index contributed by atoms with van der Waals surface area (Å²) in [6.45, 7) is 7.58. The molecule has 2 saturated heterocycles. The van der Waals surface area contributed by atoms with Crippen molar-refractivity contribution in [2.24, 2.45) is 0 Å². The molecule has 2 aromatic heterocycles. The van der Waals surface area contributed by atoms with Gasteiger partial charge in [-0.15, -0.1) is 11.3 Å². The fraction of sp³-hybridized carbons (Fsp3) is 0.412. The van der Waals surface area contributed by atoms with Crippen LogP contribution < -0.4 is 29.9 Å². The number of thiophene rings is 1. The molecule has 0 aliphatic carbocycles. The topological polar surface area (TPSA) is 154 Å². The maximum absolute atomic E-state index is 16.8. The van der Waals surface area contributed by atoms with Crippen molar-refractivity contribution in [2.45, 2.75) is 97.0 Å². The highest BCUT2D eigenvalue weighted by molar-refractivity contribution is 7.10. The number of fused-ring (bicyclic) bond motifs is 2. The minimum absolute atomic E-state index is 0.0301. The molecular formula is C51H56ClF2N7O7S. The van der Waals surface area contributed by atoms with E-state index in [-0.39, 0.29) is 57.6 Å². The van der Waals surface area contributed by atoms with E-state index in [1.54, 1.807) is 24.1 Å². The number of piperidine rings is 1. The summed E-state index contributed by atoms with van der Waals surface area (Å²) in [5.41, 5.74) is 3.31. The lowest BCUT2D eigenvalue weighted by molar-refractivity contribution is -0.137. The van der Waals surface area contributed by atoms with Crippen LogP contribution in [0.4, 0.5) is 20.2 Å². The van der Waals surface area contributed by atoms with Gasteiger partial charge in [-0.3, -0.25) is 34.3 Å². The number of anilines is 2. The molecule has 5 heterocycles. The monoisotopic (exact) mass is 983 g/mol. The number of pyridine rings is 1. The van der Waals surface area contributed by atoms with Crippen molar-refractivity contribution in [1.29, 1.82) is 0 Å². The van der Waals surface area contributed by atoms with Crippen molar-refractivity contribution in [1.82, 2.24) is 25.4 Å². The van der Waals surface area contributed by atoms with E-state index in [1.807, 2.05) is 53.3 Å². The number of benzene rings is 3. The molecule has 14 nitrogen and oxygen atoms in total. The van der Waals surface area contributed by atoms with Crippen LogP contribution in [0.15, 0.2) is 60.1 Å². The van der Waals surface area contributed by atoms with Crippen molar-refractivity contribution in [3.05, 3.63) is 98.3 Å². The average molecular weight is 985 g/mol. The summed E-state index contributed by atoms with van der Waals surface area (Å²) in [6.07, 6.45) is 7.59. The van der Waals surface area contributed by atoms with Crippen LogP contribution in [0.2, 0.25) is 5.02 Å². The molecule has 3 aromatic carbocycles. The number of unbranched alkanes of at least 4 members (excludes halogenated alkanes) is 4. The minimum atomic E-state index is -0.807. The summed E-state index contributed by atoms with van der Waals surface area (Å²) in [6, 6.07) is 13.0. The molecule has 3 aliphatic heterocycles. The molecular weight excluding hydrogens is 928 g/mol. The van der Waals surface area contributed by atoms with Gasteiger partial charge in [-0.05, 0) is 68.6 Å². The van der Waals surface area contributed by atoms with Crippen LogP contribution in [-0.4, -0.2) is 96.7 Å². The van der Waals surface area contributed by atoms with E-state index in [4.69, 9.17) is 21.1 Å². The summed E-state index contributed by atoms with van der Waals surface area (Å²) in [4.78, 5) is 73.7. The van der Waals surface area contributed by atoms with Gasteiger partial charge in [-0.25, -0.2) is 8.78 Å². The number of piperazine rings is 1.